The molecule has 0 spiro atoms. The van der Waals surface area contributed by atoms with Crippen LogP contribution in [0.4, 0.5) is 0 Å². The molecule has 1 saturated carbocycles. The van der Waals surface area contributed by atoms with Gasteiger partial charge in [0.15, 0.2) is 0 Å². The smallest absolute Gasteiger partial charge is 0.215 e. The highest BCUT2D eigenvalue weighted by Crippen LogP contribution is 2.24. The lowest BCUT2D eigenvalue weighted by molar-refractivity contribution is 0.134. The van der Waals surface area contributed by atoms with Crippen molar-refractivity contribution in [3.8, 4) is 0 Å². The summed E-state index contributed by atoms with van der Waals surface area (Å²) in [4.78, 5) is 0. The largest absolute Gasteiger partial charge is 0.393 e. The third-order valence-corrected chi connectivity index (χ3v) is 3.80. The average molecular weight is 219 g/mol. The van der Waals surface area contributed by atoms with E-state index in [2.05, 4.69) is 11.3 Å². The maximum Gasteiger partial charge on any atom is 0.215 e. The first-order valence-electron chi connectivity index (χ1n) is 4.81. The van der Waals surface area contributed by atoms with Crippen LogP contribution in [-0.2, 0) is 10.0 Å². The fourth-order valence-corrected chi connectivity index (χ4v) is 2.60. The van der Waals surface area contributed by atoms with Gasteiger partial charge >= 0.3 is 0 Å². The molecule has 0 amide bonds. The molecule has 4 nitrogen and oxygen atoms in total. The Kier molecular flexibility index (Phi) is 4.10. The molecule has 82 valence electrons. The standard InChI is InChI=1S/C9H17NO3S/c1-2-6-14(12,13)10-7-8-4-3-5-9(8)11/h2,8-11H,1,3-7H2. The molecule has 2 unspecified atom stereocenters. The molecule has 14 heavy (non-hydrogen) atoms. The molecule has 0 radical (unpaired) electrons. The van der Waals surface area contributed by atoms with Gasteiger partial charge in [0.05, 0.1) is 11.9 Å². The quantitative estimate of drug-likeness (QED) is 0.651. The van der Waals surface area contributed by atoms with Crippen LogP contribution in [0.2, 0.25) is 0 Å². The van der Waals surface area contributed by atoms with Gasteiger partial charge in [0.2, 0.25) is 10.0 Å². The Bertz CT molecular complexity index is 286. The summed E-state index contributed by atoms with van der Waals surface area (Å²) in [5, 5.41) is 9.46. The molecule has 1 aliphatic rings. The van der Waals surface area contributed by atoms with E-state index < -0.39 is 10.0 Å². The number of hydrogen-bond donors (Lipinski definition) is 2. The molecule has 5 heteroatoms. The van der Waals surface area contributed by atoms with Crippen LogP contribution in [0.25, 0.3) is 0 Å². The summed E-state index contributed by atoms with van der Waals surface area (Å²) in [7, 11) is -3.22. The molecular weight excluding hydrogens is 202 g/mol. The minimum atomic E-state index is -3.22. The molecule has 1 rings (SSSR count). The van der Waals surface area contributed by atoms with E-state index in [0.717, 1.165) is 19.3 Å². The van der Waals surface area contributed by atoms with Crippen LogP contribution in [0.1, 0.15) is 19.3 Å². The Morgan fingerprint density at radius 2 is 2.21 bits per heavy atom. The van der Waals surface area contributed by atoms with Crippen molar-refractivity contribution in [3.05, 3.63) is 12.7 Å². The van der Waals surface area contributed by atoms with Gasteiger partial charge in [-0.3, -0.25) is 0 Å². The number of rotatable bonds is 5. The summed E-state index contributed by atoms with van der Waals surface area (Å²) in [5.74, 6) is 0.0186. The molecular formula is C9H17NO3S. The van der Waals surface area contributed by atoms with Crippen molar-refractivity contribution in [1.82, 2.24) is 4.72 Å². The van der Waals surface area contributed by atoms with Gasteiger partial charge in [-0.25, -0.2) is 13.1 Å². The van der Waals surface area contributed by atoms with E-state index in [1.165, 1.54) is 6.08 Å². The topological polar surface area (TPSA) is 66.4 Å². The maximum atomic E-state index is 11.2. The van der Waals surface area contributed by atoms with E-state index in [4.69, 9.17) is 0 Å². The monoisotopic (exact) mass is 219 g/mol. The summed E-state index contributed by atoms with van der Waals surface area (Å²) in [6.07, 6.45) is 3.68. The molecule has 0 aromatic heterocycles. The third kappa shape index (κ3) is 3.40. The van der Waals surface area contributed by atoms with E-state index in [0.29, 0.717) is 6.54 Å². The zero-order chi connectivity index (χ0) is 10.6. The number of aliphatic hydroxyl groups is 1. The Hall–Kier alpha value is -0.390. The van der Waals surface area contributed by atoms with Crippen molar-refractivity contribution in [2.24, 2.45) is 5.92 Å². The average Bonchev–Trinajstić information content (AvgIpc) is 2.48. The zero-order valence-electron chi connectivity index (χ0n) is 8.15. The summed E-state index contributed by atoms with van der Waals surface area (Å²) >= 11 is 0. The second-order valence-electron chi connectivity index (χ2n) is 3.68. The number of aliphatic hydroxyl groups excluding tert-OH is 1. The highest BCUT2D eigenvalue weighted by Gasteiger charge is 2.25. The van der Waals surface area contributed by atoms with E-state index in [1.54, 1.807) is 0 Å². The molecule has 1 fully saturated rings. The van der Waals surface area contributed by atoms with Gasteiger partial charge < -0.3 is 5.11 Å². The van der Waals surface area contributed by atoms with Crippen molar-refractivity contribution in [3.63, 3.8) is 0 Å². The zero-order valence-corrected chi connectivity index (χ0v) is 8.96. The third-order valence-electron chi connectivity index (χ3n) is 2.52. The summed E-state index contributed by atoms with van der Waals surface area (Å²) in [6, 6.07) is 0. The van der Waals surface area contributed by atoms with Gasteiger partial charge in [0.25, 0.3) is 0 Å². The van der Waals surface area contributed by atoms with Crippen LogP contribution in [0, 0.1) is 5.92 Å². The van der Waals surface area contributed by atoms with Gasteiger partial charge in [-0.05, 0) is 18.8 Å². The number of hydrogen-bond acceptors (Lipinski definition) is 3. The Labute approximate surface area is 85.1 Å². The van der Waals surface area contributed by atoms with Crippen molar-refractivity contribution >= 4 is 10.0 Å². The Balaban J connectivity index is 2.36. The lowest BCUT2D eigenvalue weighted by atomic mass is 10.1. The van der Waals surface area contributed by atoms with Crippen LogP contribution in [-0.4, -0.2) is 31.9 Å². The SMILES string of the molecule is C=CCS(=O)(=O)NCC1CCCC1O. The molecule has 0 aromatic carbocycles. The first-order chi connectivity index (χ1) is 6.55. The minimum absolute atomic E-state index is 0.0597. The molecule has 0 heterocycles. The van der Waals surface area contributed by atoms with Gasteiger partial charge in [-0.1, -0.05) is 12.5 Å². The van der Waals surface area contributed by atoms with Gasteiger partial charge in [0.1, 0.15) is 0 Å². The lowest BCUT2D eigenvalue weighted by Crippen LogP contribution is -2.33. The van der Waals surface area contributed by atoms with Crippen LogP contribution >= 0.6 is 0 Å². The fraction of sp³-hybridized carbons (Fsp3) is 0.778. The van der Waals surface area contributed by atoms with E-state index in [9.17, 15) is 13.5 Å². The van der Waals surface area contributed by atoms with E-state index in [-0.39, 0.29) is 17.8 Å². The van der Waals surface area contributed by atoms with Crippen molar-refractivity contribution in [2.75, 3.05) is 12.3 Å². The van der Waals surface area contributed by atoms with Crippen molar-refractivity contribution < 1.29 is 13.5 Å². The molecule has 0 aromatic rings. The van der Waals surface area contributed by atoms with E-state index in [1.807, 2.05) is 0 Å². The van der Waals surface area contributed by atoms with Gasteiger partial charge in [-0.15, -0.1) is 6.58 Å². The second-order valence-corrected chi connectivity index (χ2v) is 5.53. The predicted octanol–water partition coefficient (Wildman–Crippen LogP) is 0.253. The summed E-state index contributed by atoms with van der Waals surface area (Å²) in [6.45, 7) is 3.72. The van der Waals surface area contributed by atoms with Crippen molar-refractivity contribution in [1.29, 1.82) is 0 Å². The van der Waals surface area contributed by atoms with Crippen LogP contribution < -0.4 is 4.72 Å². The Morgan fingerprint density at radius 1 is 1.50 bits per heavy atom. The van der Waals surface area contributed by atoms with Crippen LogP contribution in [0.3, 0.4) is 0 Å². The minimum Gasteiger partial charge on any atom is -0.393 e. The van der Waals surface area contributed by atoms with Crippen molar-refractivity contribution in [2.45, 2.75) is 25.4 Å². The van der Waals surface area contributed by atoms with Crippen LogP contribution in [0.5, 0.6) is 0 Å². The maximum absolute atomic E-state index is 11.2. The molecule has 1 aliphatic carbocycles. The van der Waals surface area contributed by atoms with Gasteiger partial charge in [0, 0.05) is 6.54 Å². The molecule has 0 aliphatic heterocycles. The van der Waals surface area contributed by atoms with Crippen LogP contribution in [0.15, 0.2) is 12.7 Å². The Morgan fingerprint density at radius 3 is 2.71 bits per heavy atom. The molecule has 2 N–H and O–H groups in total. The highest BCUT2D eigenvalue weighted by molar-refractivity contribution is 7.89. The normalized spacial score (nSPS) is 27.8. The lowest BCUT2D eigenvalue weighted by Gasteiger charge is -2.14. The first-order valence-corrected chi connectivity index (χ1v) is 6.46. The van der Waals surface area contributed by atoms with E-state index >= 15 is 0 Å². The number of sulfonamides is 1. The fourth-order valence-electron chi connectivity index (χ4n) is 1.70. The molecule has 0 bridgehead atoms. The summed E-state index contributed by atoms with van der Waals surface area (Å²) in [5.41, 5.74) is 0. The molecule has 0 saturated heterocycles. The highest BCUT2D eigenvalue weighted by atomic mass is 32.2. The second kappa shape index (κ2) is 4.91. The van der Waals surface area contributed by atoms with Gasteiger partial charge in [-0.2, -0.15) is 0 Å². The summed E-state index contributed by atoms with van der Waals surface area (Å²) < 4.78 is 24.9. The predicted molar refractivity (Wildman–Crippen MR) is 55.3 cm³/mol. The first kappa shape index (κ1) is 11.7. The number of nitrogens with one attached hydrogen (secondary N) is 1. The molecule has 2 atom stereocenters.